The first-order chi connectivity index (χ1) is 16.7. The van der Waals surface area contributed by atoms with Crippen LogP contribution < -0.4 is 9.64 Å². The summed E-state index contributed by atoms with van der Waals surface area (Å²) in [6, 6.07) is 12.2. The van der Waals surface area contributed by atoms with Gasteiger partial charge in [-0.3, -0.25) is 9.69 Å². The maximum absolute atomic E-state index is 13.5. The summed E-state index contributed by atoms with van der Waals surface area (Å²) < 4.78 is 47.7. The number of amides is 1. The molecule has 2 aromatic heterocycles. The molecule has 2 aromatic carbocycles. The third kappa shape index (κ3) is 3.99. The number of carbonyl (C=O) groups is 1. The van der Waals surface area contributed by atoms with Gasteiger partial charge in [0.1, 0.15) is 23.0 Å². The van der Waals surface area contributed by atoms with Crippen LogP contribution in [-0.2, 0) is 19.8 Å². The number of aromatic nitrogens is 4. The van der Waals surface area contributed by atoms with Crippen LogP contribution in [0.2, 0.25) is 5.15 Å². The average molecular weight is 500 g/mol. The van der Waals surface area contributed by atoms with Gasteiger partial charge in [-0.15, -0.1) is 10.2 Å². The van der Waals surface area contributed by atoms with E-state index >= 15 is 0 Å². The first kappa shape index (κ1) is 22.9. The summed E-state index contributed by atoms with van der Waals surface area (Å²) in [5, 5.41) is 8.18. The summed E-state index contributed by atoms with van der Waals surface area (Å²) >= 11 is 6.33. The molecule has 3 heterocycles. The minimum absolute atomic E-state index is 0.00990. The molecule has 0 fully saturated rings. The van der Waals surface area contributed by atoms with Crippen molar-refractivity contribution in [3.63, 3.8) is 0 Å². The summed E-state index contributed by atoms with van der Waals surface area (Å²) in [5.41, 5.74) is 1.03. The molecule has 0 unspecified atom stereocenters. The number of pyridine rings is 1. The second-order valence-corrected chi connectivity index (χ2v) is 8.32. The van der Waals surface area contributed by atoms with Crippen LogP contribution in [0.15, 0.2) is 54.9 Å². The van der Waals surface area contributed by atoms with Crippen LogP contribution in [0.5, 0.6) is 5.75 Å². The Morgan fingerprint density at radius 1 is 1.06 bits per heavy atom. The molecule has 0 saturated carbocycles. The van der Waals surface area contributed by atoms with E-state index in [2.05, 4.69) is 15.2 Å². The molecular formula is C24H17ClF3N5O2. The van der Waals surface area contributed by atoms with Crippen molar-refractivity contribution >= 4 is 23.3 Å². The molecule has 0 saturated heterocycles. The number of anilines is 1. The summed E-state index contributed by atoms with van der Waals surface area (Å²) in [6.07, 6.45) is -3.02. The van der Waals surface area contributed by atoms with Gasteiger partial charge in [-0.25, -0.2) is 4.98 Å². The number of ether oxygens (including phenoxy) is 1. The number of benzene rings is 2. The average Bonchev–Trinajstić information content (AvgIpc) is 3.40. The molecule has 11 heteroatoms. The van der Waals surface area contributed by atoms with Gasteiger partial charge in [0.25, 0.3) is 5.91 Å². The van der Waals surface area contributed by atoms with Crippen molar-refractivity contribution in [2.24, 2.45) is 7.05 Å². The number of hydrogen-bond acceptors (Lipinski definition) is 5. The number of aryl methyl sites for hydroxylation is 1. The molecular weight excluding hydrogens is 483 g/mol. The first-order valence-corrected chi connectivity index (χ1v) is 10.8. The number of fused-ring (bicyclic) bond motifs is 1. The monoisotopic (exact) mass is 499 g/mol. The normalized spacial score (nSPS) is 13.3. The molecule has 1 amide bonds. The fraction of sp³-hybridized carbons (Fsp3) is 0.167. The number of rotatable bonds is 4. The summed E-state index contributed by atoms with van der Waals surface area (Å²) in [7, 11) is 3.33. The largest absolute Gasteiger partial charge is 0.497 e. The van der Waals surface area contributed by atoms with Gasteiger partial charge in [0, 0.05) is 18.2 Å². The molecule has 0 aliphatic carbocycles. The van der Waals surface area contributed by atoms with Crippen LogP contribution in [-0.4, -0.2) is 32.8 Å². The van der Waals surface area contributed by atoms with Crippen molar-refractivity contribution in [3.05, 3.63) is 76.7 Å². The quantitative estimate of drug-likeness (QED) is 0.352. The van der Waals surface area contributed by atoms with Crippen LogP contribution in [0.4, 0.5) is 19.0 Å². The Hall–Kier alpha value is -3.92. The zero-order valence-corrected chi connectivity index (χ0v) is 19.2. The van der Waals surface area contributed by atoms with Crippen molar-refractivity contribution in [2.75, 3.05) is 12.0 Å². The predicted molar refractivity (Wildman–Crippen MR) is 123 cm³/mol. The molecule has 1 aliphatic heterocycles. The van der Waals surface area contributed by atoms with Crippen LogP contribution in [0.25, 0.3) is 22.5 Å². The maximum Gasteiger partial charge on any atom is 0.416 e. The predicted octanol–water partition coefficient (Wildman–Crippen LogP) is 5.39. The second kappa shape index (κ2) is 8.38. The lowest BCUT2D eigenvalue weighted by atomic mass is 9.99. The molecule has 4 aromatic rings. The molecule has 0 spiro atoms. The minimum atomic E-state index is -4.58. The van der Waals surface area contributed by atoms with Gasteiger partial charge in [-0.1, -0.05) is 17.7 Å². The van der Waals surface area contributed by atoms with Crippen LogP contribution in [0, 0.1) is 0 Å². The second-order valence-electron chi connectivity index (χ2n) is 7.93. The van der Waals surface area contributed by atoms with Gasteiger partial charge in [0.2, 0.25) is 0 Å². The number of alkyl halides is 3. The maximum atomic E-state index is 13.5. The molecule has 0 atom stereocenters. The van der Waals surface area contributed by atoms with Gasteiger partial charge in [0.05, 0.1) is 19.2 Å². The van der Waals surface area contributed by atoms with Crippen LogP contribution in [0.3, 0.4) is 0 Å². The van der Waals surface area contributed by atoms with Crippen molar-refractivity contribution in [1.29, 1.82) is 0 Å². The van der Waals surface area contributed by atoms with Crippen LogP contribution >= 0.6 is 11.6 Å². The summed E-state index contributed by atoms with van der Waals surface area (Å²) in [5.74, 6) is 0.705. The highest BCUT2D eigenvalue weighted by Crippen LogP contribution is 2.40. The number of halogens is 4. The lowest BCUT2D eigenvalue weighted by Gasteiger charge is -2.18. The van der Waals surface area contributed by atoms with Crippen LogP contribution in [0.1, 0.15) is 21.5 Å². The molecule has 1 aliphatic rings. The molecule has 178 valence electrons. The van der Waals surface area contributed by atoms with Gasteiger partial charge >= 0.3 is 6.18 Å². The number of nitrogens with zero attached hydrogens (tertiary/aromatic N) is 5. The van der Waals surface area contributed by atoms with Crippen molar-refractivity contribution in [3.8, 4) is 28.3 Å². The van der Waals surface area contributed by atoms with E-state index in [1.54, 1.807) is 42.2 Å². The van der Waals surface area contributed by atoms with Gasteiger partial charge < -0.3 is 9.30 Å². The Kier molecular flexibility index (Phi) is 5.47. The zero-order valence-electron chi connectivity index (χ0n) is 18.5. The van der Waals surface area contributed by atoms with E-state index in [0.717, 1.165) is 11.6 Å². The van der Waals surface area contributed by atoms with E-state index < -0.39 is 17.6 Å². The molecule has 5 rings (SSSR count). The molecule has 0 radical (unpaired) electrons. The van der Waals surface area contributed by atoms with E-state index in [0.29, 0.717) is 22.7 Å². The Labute approximate surface area is 202 Å². The Morgan fingerprint density at radius 3 is 2.54 bits per heavy atom. The third-order valence-corrected chi connectivity index (χ3v) is 6.01. The van der Waals surface area contributed by atoms with E-state index in [1.807, 2.05) is 6.07 Å². The topological polar surface area (TPSA) is 73.1 Å². The summed E-state index contributed by atoms with van der Waals surface area (Å²) in [6.45, 7) is -0.273. The molecule has 7 nitrogen and oxygen atoms in total. The molecule has 0 N–H and O–H groups in total. The molecule has 0 bridgehead atoms. The first-order valence-electron chi connectivity index (χ1n) is 10.4. The van der Waals surface area contributed by atoms with Crippen molar-refractivity contribution < 1.29 is 22.7 Å². The Morgan fingerprint density at radius 2 is 1.86 bits per heavy atom. The van der Waals surface area contributed by atoms with Crippen molar-refractivity contribution in [1.82, 2.24) is 19.7 Å². The van der Waals surface area contributed by atoms with Gasteiger partial charge in [-0.2, -0.15) is 13.2 Å². The lowest BCUT2D eigenvalue weighted by Crippen LogP contribution is -2.24. The highest BCUT2D eigenvalue weighted by Gasteiger charge is 2.40. The van der Waals surface area contributed by atoms with E-state index in [9.17, 15) is 18.0 Å². The number of hydrogen-bond donors (Lipinski definition) is 0. The lowest BCUT2D eigenvalue weighted by molar-refractivity contribution is -0.138. The van der Waals surface area contributed by atoms with Gasteiger partial charge in [-0.05, 0) is 59.2 Å². The SMILES string of the molecule is COc1ccc(-c2nncn2C)c(-c2cc(Cl)nc(N3Cc4c(cccc4C(F)(F)F)C3=O)c2)c1. The fourth-order valence-electron chi connectivity index (χ4n) is 4.17. The number of methoxy groups -OCH3 is 1. The smallest absolute Gasteiger partial charge is 0.416 e. The zero-order chi connectivity index (χ0) is 24.9. The fourth-order valence-corrected chi connectivity index (χ4v) is 4.38. The Balaban J connectivity index is 1.63. The van der Waals surface area contributed by atoms with Gasteiger partial charge in [0.15, 0.2) is 5.82 Å². The highest BCUT2D eigenvalue weighted by molar-refractivity contribution is 6.30. The highest BCUT2D eigenvalue weighted by atomic mass is 35.5. The van der Waals surface area contributed by atoms with Crippen molar-refractivity contribution in [2.45, 2.75) is 12.7 Å². The summed E-state index contributed by atoms with van der Waals surface area (Å²) in [4.78, 5) is 18.5. The molecule has 35 heavy (non-hydrogen) atoms. The minimum Gasteiger partial charge on any atom is -0.497 e. The third-order valence-electron chi connectivity index (χ3n) is 5.82. The van der Waals surface area contributed by atoms with E-state index in [4.69, 9.17) is 16.3 Å². The Bertz CT molecular complexity index is 1470. The number of carbonyl (C=O) groups excluding carboxylic acids is 1. The standard InChI is InChI=1S/C24H17ClF3N5O2/c1-32-12-29-31-22(32)15-7-6-14(35-2)10-17(15)13-8-20(25)30-21(9-13)33-11-18-16(23(33)34)4-3-5-19(18)24(26,27)28/h3-10,12H,11H2,1-2H3. The van der Waals surface area contributed by atoms with E-state index in [1.165, 1.54) is 24.1 Å². The van der Waals surface area contributed by atoms with E-state index in [-0.39, 0.29) is 28.6 Å².